The molecule has 4 heteroatoms. The Morgan fingerprint density at radius 1 is 1.16 bits per heavy atom. The van der Waals surface area contributed by atoms with E-state index in [-0.39, 0.29) is 11.9 Å². The van der Waals surface area contributed by atoms with Gasteiger partial charge in [0.2, 0.25) is 5.91 Å². The molecule has 0 saturated carbocycles. The highest BCUT2D eigenvalue weighted by molar-refractivity contribution is 5.91. The average molecular weight is 338 g/mol. The highest BCUT2D eigenvalue weighted by Crippen LogP contribution is 2.27. The van der Waals surface area contributed by atoms with Gasteiger partial charge in [-0.05, 0) is 38.7 Å². The molecule has 1 N–H and O–H groups in total. The highest BCUT2D eigenvalue weighted by Gasteiger charge is 2.18. The Labute approximate surface area is 150 Å². The second kappa shape index (κ2) is 9.04. The summed E-state index contributed by atoms with van der Waals surface area (Å²) >= 11 is 0. The standard InChI is InChI=1S/C21H26N2O2/c1-16-9-11-17(12-10-16)13-14-21(24)22-15-19(23(2)3)18-7-5-6-8-20(18)25-4/h5-14,19H,15H2,1-4H3,(H,22,24)/b14-13+. The van der Waals surface area contributed by atoms with Crippen molar-refractivity contribution in [2.75, 3.05) is 27.7 Å². The number of para-hydroxylation sites is 1. The van der Waals surface area contributed by atoms with Gasteiger partial charge in [0.1, 0.15) is 5.75 Å². The van der Waals surface area contributed by atoms with Crippen molar-refractivity contribution in [3.05, 3.63) is 71.3 Å². The van der Waals surface area contributed by atoms with Crippen LogP contribution in [0.2, 0.25) is 0 Å². The summed E-state index contributed by atoms with van der Waals surface area (Å²) in [7, 11) is 5.64. The van der Waals surface area contributed by atoms with Crippen molar-refractivity contribution in [2.45, 2.75) is 13.0 Å². The predicted octanol–water partition coefficient (Wildman–Crippen LogP) is 3.44. The maximum absolute atomic E-state index is 12.1. The topological polar surface area (TPSA) is 41.6 Å². The molecule has 0 heterocycles. The van der Waals surface area contributed by atoms with Crippen LogP contribution < -0.4 is 10.1 Å². The number of hydrogen-bond donors (Lipinski definition) is 1. The van der Waals surface area contributed by atoms with Crippen LogP contribution in [0, 0.1) is 6.92 Å². The lowest BCUT2D eigenvalue weighted by Gasteiger charge is -2.26. The predicted molar refractivity (Wildman–Crippen MR) is 103 cm³/mol. The van der Waals surface area contributed by atoms with Crippen LogP contribution in [0.15, 0.2) is 54.6 Å². The maximum Gasteiger partial charge on any atom is 0.244 e. The van der Waals surface area contributed by atoms with Crippen molar-refractivity contribution >= 4 is 12.0 Å². The van der Waals surface area contributed by atoms with Crippen molar-refractivity contribution in [1.29, 1.82) is 0 Å². The molecule has 1 atom stereocenters. The molecule has 0 radical (unpaired) electrons. The van der Waals surface area contributed by atoms with Crippen LogP contribution in [0.4, 0.5) is 0 Å². The number of methoxy groups -OCH3 is 1. The van der Waals surface area contributed by atoms with Crippen LogP contribution in [-0.2, 0) is 4.79 Å². The SMILES string of the molecule is COc1ccccc1C(CNC(=O)/C=C/c1ccc(C)cc1)N(C)C. The molecule has 132 valence electrons. The summed E-state index contributed by atoms with van der Waals surface area (Å²) in [5.41, 5.74) is 3.26. The monoisotopic (exact) mass is 338 g/mol. The van der Waals surface area contributed by atoms with Gasteiger partial charge in [-0.25, -0.2) is 0 Å². The van der Waals surface area contributed by atoms with E-state index in [1.54, 1.807) is 13.2 Å². The zero-order chi connectivity index (χ0) is 18.2. The van der Waals surface area contributed by atoms with Gasteiger partial charge in [0, 0.05) is 18.2 Å². The van der Waals surface area contributed by atoms with Crippen molar-refractivity contribution in [3.63, 3.8) is 0 Å². The number of likely N-dealkylation sites (N-methyl/N-ethyl adjacent to an activating group) is 1. The molecule has 0 saturated heterocycles. The third-order valence-corrected chi connectivity index (χ3v) is 4.10. The molecule has 0 fully saturated rings. The first kappa shape index (κ1) is 18.7. The van der Waals surface area contributed by atoms with Crippen molar-refractivity contribution < 1.29 is 9.53 Å². The Balaban J connectivity index is 2.01. The van der Waals surface area contributed by atoms with Gasteiger partial charge in [0.25, 0.3) is 0 Å². The zero-order valence-corrected chi connectivity index (χ0v) is 15.3. The molecular formula is C21H26N2O2. The maximum atomic E-state index is 12.1. The molecule has 0 aromatic heterocycles. The molecule has 0 aliphatic heterocycles. The molecule has 1 unspecified atom stereocenters. The average Bonchev–Trinajstić information content (AvgIpc) is 2.61. The van der Waals surface area contributed by atoms with Crippen molar-refractivity contribution in [2.24, 2.45) is 0 Å². The van der Waals surface area contributed by atoms with E-state index < -0.39 is 0 Å². The van der Waals surface area contributed by atoms with E-state index in [0.717, 1.165) is 16.9 Å². The fourth-order valence-electron chi connectivity index (χ4n) is 2.62. The third-order valence-electron chi connectivity index (χ3n) is 4.10. The minimum absolute atomic E-state index is 0.0351. The van der Waals surface area contributed by atoms with Gasteiger partial charge in [0.05, 0.1) is 13.2 Å². The van der Waals surface area contributed by atoms with Gasteiger partial charge >= 0.3 is 0 Å². The minimum Gasteiger partial charge on any atom is -0.496 e. The summed E-state index contributed by atoms with van der Waals surface area (Å²) in [6, 6.07) is 16.0. The fraction of sp³-hybridized carbons (Fsp3) is 0.286. The summed E-state index contributed by atoms with van der Waals surface area (Å²) in [6.07, 6.45) is 3.39. The molecular weight excluding hydrogens is 312 g/mol. The zero-order valence-electron chi connectivity index (χ0n) is 15.3. The minimum atomic E-state index is -0.109. The first-order chi connectivity index (χ1) is 12.0. The molecule has 2 aromatic rings. The third kappa shape index (κ3) is 5.47. The normalized spacial score (nSPS) is 12.4. The van der Waals surface area contributed by atoms with Crippen LogP contribution in [0.25, 0.3) is 6.08 Å². The fourth-order valence-corrected chi connectivity index (χ4v) is 2.62. The number of benzene rings is 2. The second-order valence-corrected chi connectivity index (χ2v) is 6.21. The lowest BCUT2D eigenvalue weighted by molar-refractivity contribution is -0.116. The Morgan fingerprint density at radius 3 is 2.48 bits per heavy atom. The van der Waals surface area contributed by atoms with Crippen LogP contribution in [0.5, 0.6) is 5.75 Å². The number of aryl methyl sites for hydroxylation is 1. The Hall–Kier alpha value is -2.59. The number of ether oxygens (including phenoxy) is 1. The molecule has 4 nitrogen and oxygen atoms in total. The van der Waals surface area contributed by atoms with Crippen LogP contribution in [0.3, 0.4) is 0 Å². The summed E-state index contributed by atoms with van der Waals surface area (Å²) in [5.74, 6) is 0.716. The van der Waals surface area contributed by atoms with E-state index in [9.17, 15) is 4.79 Å². The Bertz CT molecular complexity index is 721. The Morgan fingerprint density at radius 2 is 1.84 bits per heavy atom. The molecule has 2 aromatic carbocycles. The quantitative estimate of drug-likeness (QED) is 0.787. The van der Waals surface area contributed by atoms with Gasteiger partial charge in [-0.3, -0.25) is 4.79 Å². The van der Waals surface area contributed by atoms with E-state index in [4.69, 9.17) is 4.74 Å². The van der Waals surface area contributed by atoms with Gasteiger partial charge in [-0.2, -0.15) is 0 Å². The molecule has 1 amide bonds. The van der Waals surface area contributed by atoms with Gasteiger partial charge in [0.15, 0.2) is 0 Å². The van der Waals surface area contributed by atoms with E-state index in [1.807, 2.05) is 75.6 Å². The molecule has 0 spiro atoms. The number of nitrogens with one attached hydrogen (secondary N) is 1. The first-order valence-electron chi connectivity index (χ1n) is 8.33. The van der Waals surface area contributed by atoms with Crippen LogP contribution in [-0.4, -0.2) is 38.6 Å². The van der Waals surface area contributed by atoms with Gasteiger partial charge in [-0.15, -0.1) is 0 Å². The molecule has 2 rings (SSSR count). The van der Waals surface area contributed by atoms with Crippen LogP contribution >= 0.6 is 0 Å². The lowest BCUT2D eigenvalue weighted by atomic mass is 10.0. The summed E-state index contributed by atoms with van der Waals surface area (Å²) in [5, 5.41) is 2.97. The van der Waals surface area contributed by atoms with E-state index in [1.165, 1.54) is 5.56 Å². The summed E-state index contributed by atoms with van der Waals surface area (Å²) < 4.78 is 5.44. The molecule has 25 heavy (non-hydrogen) atoms. The number of carbonyl (C=O) groups excluding carboxylic acids is 1. The largest absolute Gasteiger partial charge is 0.496 e. The number of amides is 1. The smallest absolute Gasteiger partial charge is 0.244 e. The van der Waals surface area contributed by atoms with Gasteiger partial charge < -0.3 is 15.0 Å². The number of carbonyl (C=O) groups is 1. The summed E-state index contributed by atoms with van der Waals surface area (Å²) in [4.78, 5) is 14.2. The molecule has 0 bridgehead atoms. The molecule has 0 aliphatic carbocycles. The molecule has 0 aliphatic rings. The first-order valence-corrected chi connectivity index (χ1v) is 8.33. The summed E-state index contributed by atoms with van der Waals surface area (Å²) in [6.45, 7) is 2.55. The van der Waals surface area contributed by atoms with Crippen molar-refractivity contribution in [1.82, 2.24) is 10.2 Å². The van der Waals surface area contributed by atoms with E-state index in [2.05, 4.69) is 10.2 Å². The number of rotatable bonds is 7. The number of hydrogen-bond acceptors (Lipinski definition) is 3. The van der Waals surface area contributed by atoms with Crippen molar-refractivity contribution in [3.8, 4) is 5.75 Å². The second-order valence-electron chi connectivity index (χ2n) is 6.21. The lowest BCUT2D eigenvalue weighted by Crippen LogP contribution is -2.33. The van der Waals surface area contributed by atoms with Crippen LogP contribution in [0.1, 0.15) is 22.7 Å². The number of nitrogens with zero attached hydrogens (tertiary/aromatic N) is 1. The van der Waals surface area contributed by atoms with E-state index >= 15 is 0 Å². The Kier molecular flexibility index (Phi) is 6.78. The van der Waals surface area contributed by atoms with E-state index in [0.29, 0.717) is 6.54 Å². The van der Waals surface area contributed by atoms with Gasteiger partial charge in [-0.1, -0.05) is 48.0 Å². The highest BCUT2D eigenvalue weighted by atomic mass is 16.5.